The largest absolute Gasteiger partial charge is 0.507 e. The second kappa shape index (κ2) is 10.0. The molecule has 0 aromatic heterocycles. The van der Waals surface area contributed by atoms with Gasteiger partial charge in [-0.15, -0.1) is 0 Å². The van der Waals surface area contributed by atoms with Crippen molar-refractivity contribution in [3.05, 3.63) is 70.3 Å². The Labute approximate surface area is 188 Å². The van der Waals surface area contributed by atoms with Gasteiger partial charge in [-0.3, -0.25) is 9.59 Å². The molecule has 1 aliphatic rings. The summed E-state index contributed by atoms with van der Waals surface area (Å²) in [5, 5.41) is 11.7. The third-order valence-electron chi connectivity index (χ3n) is 5.17. The van der Waals surface area contributed by atoms with Gasteiger partial charge in [0.1, 0.15) is 11.5 Å². The van der Waals surface area contributed by atoms with Crippen molar-refractivity contribution in [1.82, 2.24) is 4.90 Å². The summed E-state index contributed by atoms with van der Waals surface area (Å²) in [5.41, 5.74) is 1.26. The molecule has 1 unspecified atom stereocenters. The molecule has 0 spiro atoms. The highest BCUT2D eigenvalue weighted by atomic mass is 35.5. The quantitative estimate of drug-likeness (QED) is 0.329. The number of benzene rings is 2. The van der Waals surface area contributed by atoms with Crippen molar-refractivity contribution in [2.75, 3.05) is 13.2 Å². The van der Waals surface area contributed by atoms with E-state index >= 15 is 0 Å². The fourth-order valence-electron chi connectivity index (χ4n) is 3.58. The van der Waals surface area contributed by atoms with E-state index in [0.717, 1.165) is 18.4 Å². The molecule has 6 heteroatoms. The van der Waals surface area contributed by atoms with Gasteiger partial charge in [-0.1, -0.05) is 63.1 Å². The number of ether oxygens (including phenoxy) is 1. The molecule has 1 atom stereocenters. The van der Waals surface area contributed by atoms with E-state index < -0.39 is 17.7 Å². The summed E-state index contributed by atoms with van der Waals surface area (Å²) in [7, 11) is 0. The Bertz CT molecular complexity index is 981. The van der Waals surface area contributed by atoms with Gasteiger partial charge in [0, 0.05) is 17.1 Å². The number of halogens is 1. The molecule has 5 nitrogen and oxygen atoms in total. The highest BCUT2D eigenvalue weighted by Crippen LogP contribution is 2.40. The van der Waals surface area contributed by atoms with Gasteiger partial charge in [0.05, 0.1) is 18.2 Å². The van der Waals surface area contributed by atoms with Gasteiger partial charge < -0.3 is 14.7 Å². The molecule has 0 aliphatic carbocycles. The average Bonchev–Trinajstić information content (AvgIpc) is 3.01. The monoisotopic (exact) mass is 441 g/mol. The molecule has 31 heavy (non-hydrogen) atoms. The van der Waals surface area contributed by atoms with Crippen molar-refractivity contribution in [2.45, 2.75) is 39.7 Å². The Hall–Kier alpha value is -2.79. The average molecular weight is 442 g/mol. The van der Waals surface area contributed by atoms with E-state index in [0.29, 0.717) is 35.4 Å². The van der Waals surface area contributed by atoms with Crippen molar-refractivity contribution in [2.24, 2.45) is 5.92 Å². The molecule has 164 valence electrons. The highest BCUT2D eigenvalue weighted by Gasteiger charge is 2.45. The minimum atomic E-state index is -0.679. The van der Waals surface area contributed by atoms with Crippen LogP contribution in [-0.2, 0) is 9.59 Å². The molecule has 0 radical (unpaired) electrons. The normalized spacial score (nSPS) is 18.1. The van der Waals surface area contributed by atoms with Crippen LogP contribution in [0, 0.1) is 5.92 Å². The number of rotatable bonds is 8. The first-order valence-corrected chi connectivity index (χ1v) is 11.0. The predicted molar refractivity (Wildman–Crippen MR) is 122 cm³/mol. The molecular weight excluding hydrogens is 414 g/mol. The number of nitrogens with zero attached hydrogens (tertiary/aromatic N) is 1. The molecule has 1 N–H and O–H groups in total. The first kappa shape index (κ1) is 22.9. The van der Waals surface area contributed by atoms with Crippen LogP contribution in [0.5, 0.6) is 5.75 Å². The second-order valence-corrected chi connectivity index (χ2v) is 8.57. The second-order valence-electron chi connectivity index (χ2n) is 8.13. The Morgan fingerprint density at radius 2 is 1.87 bits per heavy atom. The van der Waals surface area contributed by atoms with E-state index in [1.807, 2.05) is 20.8 Å². The summed E-state index contributed by atoms with van der Waals surface area (Å²) >= 11 is 6.04. The highest BCUT2D eigenvalue weighted by molar-refractivity contribution is 6.46. The molecule has 1 saturated heterocycles. The number of unbranched alkanes of at least 4 members (excludes halogenated alkanes) is 1. The summed E-state index contributed by atoms with van der Waals surface area (Å²) in [6.07, 6.45) is 1.64. The maximum Gasteiger partial charge on any atom is 0.295 e. The fraction of sp³-hybridized carbons (Fsp3) is 0.360. The summed E-state index contributed by atoms with van der Waals surface area (Å²) in [4.78, 5) is 27.4. The van der Waals surface area contributed by atoms with Crippen molar-refractivity contribution in [1.29, 1.82) is 0 Å². The van der Waals surface area contributed by atoms with E-state index in [-0.39, 0.29) is 11.3 Å². The summed E-state index contributed by atoms with van der Waals surface area (Å²) in [6, 6.07) is 13.3. The molecule has 1 fully saturated rings. The van der Waals surface area contributed by atoms with Crippen molar-refractivity contribution in [3.63, 3.8) is 0 Å². The first-order chi connectivity index (χ1) is 14.8. The number of amides is 1. The zero-order chi connectivity index (χ0) is 22.5. The molecule has 1 aliphatic heterocycles. The van der Waals surface area contributed by atoms with E-state index in [2.05, 4.69) is 0 Å². The number of hydrogen-bond acceptors (Lipinski definition) is 4. The van der Waals surface area contributed by atoms with Gasteiger partial charge in [-0.2, -0.15) is 0 Å². The van der Waals surface area contributed by atoms with Crippen molar-refractivity contribution >= 4 is 29.1 Å². The van der Waals surface area contributed by atoms with Crippen LogP contribution < -0.4 is 4.74 Å². The molecule has 2 aromatic carbocycles. The van der Waals surface area contributed by atoms with Crippen molar-refractivity contribution < 1.29 is 19.4 Å². The smallest absolute Gasteiger partial charge is 0.295 e. The number of aliphatic hydroxyl groups excluding tert-OH is 1. The maximum absolute atomic E-state index is 13.0. The van der Waals surface area contributed by atoms with E-state index in [4.69, 9.17) is 16.3 Å². The molecule has 3 rings (SSSR count). The molecule has 0 saturated carbocycles. The summed E-state index contributed by atoms with van der Waals surface area (Å²) < 4.78 is 5.76. The van der Waals surface area contributed by atoms with Crippen LogP contribution in [0.15, 0.2) is 54.1 Å². The predicted octanol–water partition coefficient (Wildman–Crippen LogP) is 5.60. The number of carbonyl (C=O) groups is 2. The van der Waals surface area contributed by atoms with Gasteiger partial charge in [-0.05, 0) is 42.2 Å². The zero-order valence-corrected chi connectivity index (χ0v) is 18.9. The summed E-state index contributed by atoms with van der Waals surface area (Å²) in [6.45, 7) is 7.09. The lowest BCUT2D eigenvalue weighted by atomic mass is 9.95. The zero-order valence-electron chi connectivity index (χ0n) is 18.1. The Kier molecular flexibility index (Phi) is 7.39. The van der Waals surface area contributed by atoms with Crippen LogP contribution in [0.4, 0.5) is 0 Å². The Morgan fingerprint density at radius 3 is 2.52 bits per heavy atom. The maximum atomic E-state index is 13.0. The van der Waals surface area contributed by atoms with Gasteiger partial charge in [0.25, 0.3) is 11.7 Å². The molecular formula is C25H28ClNO4. The third kappa shape index (κ3) is 5.10. The van der Waals surface area contributed by atoms with Crippen LogP contribution in [0.1, 0.15) is 50.8 Å². The number of aliphatic hydroxyl groups is 1. The van der Waals surface area contributed by atoms with E-state index in [1.165, 1.54) is 0 Å². The minimum absolute atomic E-state index is 0.0874. The number of ketones is 1. The van der Waals surface area contributed by atoms with Gasteiger partial charge in [0.2, 0.25) is 0 Å². The van der Waals surface area contributed by atoms with Crippen LogP contribution in [-0.4, -0.2) is 34.8 Å². The van der Waals surface area contributed by atoms with Crippen LogP contribution in [0.2, 0.25) is 5.02 Å². The summed E-state index contributed by atoms with van der Waals surface area (Å²) in [5.74, 6) is -0.524. The third-order valence-corrected chi connectivity index (χ3v) is 5.42. The SMILES string of the molecule is CCCCN1C(=O)C(=O)/C(=C(\O)c2cccc(OCC(C)C)c2)C1c1ccc(Cl)cc1. The van der Waals surface area contributed by atoms with E-state index in [1.54, 1.807) is 53.4 Å². The van der Waals surface area contributed by atoms with Gasteiger partial charge in [-0.25, -0.2) is 0 Å². The molecule has 2 aromatic rings. The first-order valence-electron chi connectivity index (χ1n) is 10.6. The Balaban J connectivity index is 2.07. The molecule has 1 heterocycles. The van der Waals surface area contributed by atoms with Gasteiger partial charge in [0.15, 0.2) is 0 Å². The lowest BCUT2D eigenvalue weighted by Gasteiger charge is -2.25. The fourth-order valence-corrected chi connectivity index (χ4v) is 3.71. The van der Waals surface area contributed by atoms with Gasteiger partial charge >= 0.3 is 0 Å². The van der Waals surface area contributed by atoms with Crippen LogP contribution >= 0.6 is 11.6 Å². The lowest BCUT2D eigenvalue weighted by molar-refractivity contribution is -0.139. The van der Waals surface area contributed by atoms with Crippen molar-refractivity contribution in [3.8, 4) is 5.75 Å². The number of Topliss-reactive ketones (excluding diaryl/α,β-unsaturated/α-hetero) is 1. The number of carbonyl (C=O) groups excluding carboxylic acids is 2. The number of hydrogen-bond donors (Lipinski definition) is 1. The molecule has 1 amide bonds. The minimum Gasteiger partial charge on any atom is -0.507 e. The topological polar surface area (TPSA) is 66.8 Å². The Morgan fingerprint density at radius 1 is 1.16 bits per heavy atom. The molecule has 0 bridgehead atoms. The van der Waals surface area contributed by atoms with Crippen LogP contribution in [0.25, 0.3) is 5.76 Å². The standard InChI is InChI=1S/C25H28ClNO4/c1-4-5-13-27-22(17-9-11-19(26)12-10-17)21(24(29)25(27)30)23(28)18-7-6-8-20(14-18)31-15-16(2)3/h6-12,14,16,22,28H,4-5,13,15H2,1-3H3/b23-21-. The van der Waals surface area contributed by atoms with Crippen LogP contribution in [0.3, 0.4) is 0 Å². The van der Waals surface area contributed by atoms with E-state index in [9.17, 15) is 14.7 Å². The lowest BCUT2D eigenvalue weighted by Crippen LogP contribution is -2.30. The number of likely N-dealkylation sites (tertiary alicyclic amines) is 1.